The minimum atomic E-state index is 0.0936. The Hall–Kier alpha value is -0.970. The topological polar surface area (TPSA) is 51.8 Å². The van der Waals surface area contributed by atoms with E-state index < -0.39 is 0 Å². The molecule has 0 fully saturated rings. The lowest BCUT2D eigenvalue weighted by molar-refractivity contribution is 0.564. The Bertz CT molecular complexity index is 535. The summed E-state index contributed by atoms with van der Waals surface area (Å²) in [5, 5.41) is 1.59. The second kappa shape index (κ2) is 4.37. The molecule has 88 valence electrons. The van der Waals surface area contributed by atoms with Gasteiger partial charge in [-0.2, -0.15) is 0 Å². The molecule has 17 heavy (non-hydrogen) atoms. The number of halogens is 1. The van der Waals surface area contributed by atoms with E-state index in [2.05, 4.69) is 9.97 Å². The maximum atomic E-state index is 6.06. The van der Waals surface area contributed by atoms with Crippen LogP contribution in [0.2, 0.25) is 5.02 Å². The van der Waals surface area contributed by atoms with E-state index in [1.54, 1.807) is 17.5 Å². The summed E-state index contributed by atoms with van der Waals surface area (Å²) in [6, 6.07) is 3.83. The van der Waals surface area contributed by atoms with Gasteiger partial charge in [0, 0.05) is 17.1 Å². The predicted molar refractivity (Wildman–Crippen MR) is 70.2 cm³/mol. The summed E-state index contributed by atoms with van der Waals surface area (Å²) in [6.45, 7) is 0. The van der Waals surface area contributed by atoms with E-state index in [0.717, 1.165) is 35.7 Å². The molecule has 0 amide bonds. The Morgan fingerprint density at radius 3 is 3.00 bits per heavy atom. The van der Waals surface area contributed by atoms with Crippen LogP contribution in [0.3, 0.4) is 0 Å². The van der Waals surface area contributed by atoms with Gasteiger partial charge in [-0.15, -0.1) is 11.3 Å². The standard InChI is InChI=1S/C12H12ClN3S/c13-7-4-5-9(15-6-7)12-16-11-8(14)2-1-3-10(11)17-12/h4-6,8H,1-3,14H2. The molecule has 3 nitrogen and oxygen atoms in total. The van der Waals surface area contributed by atoms with Crippen molar-refractivity contribution in [3.8, 4) is 10.7 Å². The fourth-order valence-electron chi connectivity index (χ4n) is 2.06. The smallest absolute Gasteiger partial charge is 0.142 e. The average Bonchev–Trinajstić information content (AvgIpc) is 2.75. The lowest BCUT2D eigenvalue weighted by atomic mass is 9.99. The second-order valence-electron chi connectivity index (χ2n) is 4.19. The van der Waals surface area contributed by atoms with Gasteiger partial charge in [-0.1, -0.05) is 11.6 Å². The SMILES string of the molecule is NC1CCCc2sc(-c3ccc(Cl)cn3)nc21. The van der Waals surface area contributed by atoms with Gasteiger partial charge in [0.1, 0.15) is 5.01 Å². The lowest BCUT2D eigenvalue weighted by Gasteiger charge is -2.15. The highest BCUT2D eigenvalue weighted by atomic mass is 35.5. The van der Waals surface area contributed by atoms with Crippen LogP contribution >= 0.6 is 22.9 Å². The number of thiazole rings is 1. The zero-order valence-electron chi connectivity index (χ0n) is 9.19. The van der Waals surface area contributed by atoms with Crippen molar-refractivity contribution in [2.45, 2.75) is 25.3 Å². The molecule has 2 heterocycles. The maximum absolute atomic E-state index is 6.06. The fraction of sp³-hybridized carbons (Fsp3) is 0.333. The number of aromatic nitrogens is 2. The first-order valence-electron chi connectivity index (χ1n) is 5.61. The molecule has 2 N–H and O–H groups in total. The van der Waals surface area contributed by atoms with E-state index in [4.69, 9.17) is 17.3 Å². The van der Waals surface area contributed by atoms with Crippen LogP contribution in [0.4, 0.5) is 0 Å². The van der Waals surface area contributed by atoms with Crippen molar-refractivity contribution in [2.24, 2.45) is 5.73 Å². The summed E-state index contributed by atoms with van der Waals surface area (Å²) in [5.41, 5.74) is 8.00. The van der Waals surface area contributed by atoms with Gasteiger partial charge in [0.05, 0.1) is 16.4 Å². The van der Waals surface area contributed by atoms with Gasteiger partial charge in [0.25, 0.3) is 0 Å². The number of hydrogen-bond acceptors (Lipinski definition) is 4. The van der Waals surface area contributed by atoms with Crippen molar-refractivity contribution in [1.29, 1.82) is 0 Å². The molecule has 0 radical (unpaired) electrons. The van der Waals surface area contributed by atoms with E-state index in [9.17, 15) is 0 Å². The van der Waals surface area contributed by atoms with E-state index in [-0.39, 0.29) is 6.04 Å². The van der Waals surface area contributed by atoms with E-state index in [1.165, 1.54) is 4.88 Å². The highest BCUT2D eigenvalue weighted by molar-refractivity contribution is 7.15. The zero-order chi connectivity index (χ0) is 11.8. The molecule has 0 aliphatic heterocycles. The Balaban J connectivity index is 2.02. The first-order chi connectivity index (χ1) is 8.24. The summed E-state index contributed by atoms with van der Waals surface area (Å²) < 4.78 is 0. The highest BCUT2D eigenvalue weighted by Crippen LogP contribution is 2.35. The van der Waals surface area contributed by atoms with Crippen molar-refractivity contribution in [3.05, 3.63) is 33.9 Å². The molecule has 0 aromatic carbocycles. The number of aryl methyl sites for hydroxylation is 1. The van der Waals surface area contributed by atoms with Crippen LogP contribution in [0.15, 0.2) is 18.3 Å². The Labute approximate surface area is 109 Å². The first kappa shape index (κ1) is 11.1. The fourth-order valence-corrected chi connectivity index (χ4v) is 3.33. The normalized spacial score (nSPS) is 19.1. The zero-order valence-corrected chi connectivity index (χ0v) is 10.8. The molecule has 5 heteroatoms. The van der Waals surface area contributed by atoms with Crippen LogP contribution in [-0.4, -0.2) is 9.97 Å². The molecular weight excluding hydrogens is 254 g/mol. The average molecular weight is 266 g/mol. The molecule has 1 aliphatic rings. The molecule has 2 aromatic heterocycles. The first-order valence-corrected chi connectivity index (χ1v) is 6.80. The Morgan fingerprint density at radius 1 is 1.41 bits per heavy atom. The van der Waals surface area contributed by atoms with Gasteiger partial charge in [-0.05, 0) is 31.4 Å². The van der Waals surface area contributed by atoms with Crippen LogP contribution in [0.1, 0.15) is 29.5 Å². The van der Waals surface area contributed by atoms with Gasteiger partial charge in [-0.25, -0.2) is 4.98 Å². The Kier molecular flexibility index (Phi) is 2.86. The van der Waals surface area contributed by atoms with Crippen LogP contribution in [-0.2, 0) is 6.42 Å². The minimum Gasteiger partial charge on any atom is -0.323 e. The maximum Gasteiger partial charge on any atom is 0.142 e. The van der Waals surface area contributed by atoms with Crippen molar-refractivity contribution in [3.63, 3.8) is 0 Å². The van der Waals surface area contributed by atoms with Gasteiger partial charge in [0.2, 0.25) is 0 Å². The summed E-state index contributed by atoms with van der Waals surface area (Å²) >= 11 is 7.53. The molecule has 1 aliphatic carbocycles. The molecule has 0 saturated heterocycles. The Morgan fingerprint density at radius 2 is 2.29 bits per heavy atom. The monoisotopic (exact) mass is 265 g/mol. The number of nitrogens with two attached hydrogens (primary N) is 1. The van der Waals surface area contributed by atoms with Crippen molar-refractivity contribution < 1.29 is 0 Å². The molecule has 0 spiro atoms. The van der Waals surface area contributed by atoms with E-state index in [1.807, 2.05) is 12.1 Å². The molecule has 2 aromatic rings. The van der Waals surface area contributed by atoms with Gasteiger partial charge in [-0.3, -0.25) is 4.98 Å². The largest absolute Gasteiger partial charge is 0.323 e. The van der Waals surface area contributed by atoms with Gasteiger partial charge >= 0.3 is 0 Å². The number of fused-ring (bicyclic) bond motifs is 1. The lowest BCUT2D eigenvalue weighted by Crippen LogP contribution is -2.16. The summed E-state index contributed by atoms with van der Waals surface area (Å²) in [4.78, 5) is 10.2. The van der Waals surface area contributed by atoms with Crippen LogP contribution < -0.4 is 5.73 Å². The number of pyridine rings is 1. The van der Waals surface area contributed by atoms with Gasteiger partial charge in [0.15, 0.2) is 0 Å². The molecule has 1 atom stereocenters. The summed E-state index contributed by atoms with van der Waals surface area (Å²) in [6.07, 6.45) is 4.93. The quantitative estimate of drug-likeness (QED) is 0.862. The number of rotatable bonds is 1. The molecule has 0 saturated carbocycles. The van der Waals surface area contributed by atoms with E-state index in [0.29, 0.717) is 5.02 Å². The minimum absolute atomic E-state index is 0.0936. The van der Waals surface area contributed by atoms with Gasteiger partial charge < -0.3 is 5.73 Å². The van der Waals surface area contributed by atoms with E-state index >= 15 is 0 Å². The van der Waals surface area contributed by atoms with Crippen LogP contribution in [0, 0.1) is 0 Å². The molecule has 3 rings (SSSR count). The third-order valence-corrected chi connectivity index (χ3v) is 4.32. The third-order valence-electron chi connectivity index (χ3n) is 2.94. The third kappa shape index (κ3) is 2.08. The predicted octanol–water partition coefficient (Wildman–Crippen LogP) is 3.19. The highest BCUT2D eigenvalue weighted by Gasteiger charge is 2.22. The molecule has 1 unspecified atom stereocenters. The second-order valence-corrected chi connectivity index (χ2v) is 5.71. The van der Waals surface area contributed by atoms with Crippen LogP contribution in [0.25, 0.3) is 10.7 Å². The van der Waals surface area contributed by atoms with Crippen molar-refractivity contribution in [2.75, 3.05) is 0 Å². The number of hydrogen-bond donors (Lipinski definition) is 1. The van der Waals surface area contributed by atoms with Crippen LogP contribution in [0.5, 0.6) is 0 Å². The molecule has 0 bridgehead atoms. The number of nitrogens with zero attached hydrogens (tertiary/aromatic N) is 2. The van der Waals surface area contributed by atoms with Crippen molar-refractivity contribution >= 4 is 22.9 Å². The summed E-state index contributed by atoms with van der Waals surface area (Å²) in [7, 11) is 0. The molecular formula is C12H12ClN3S. The summed E-state index contributed by atoms with van der Waals surface area (Å²) in [5.74, 6) is 0. The van der Waals surface area contributed by atoms with Crippen molar-refractivity contribution in [1.82, 2.24) is 9.97 Å².